The van der Waals surface area contributed by atoms with E-state index in [1.54, 1.807) is 17.5 Å². The molecule has 5 heteroatoms. The van der Waals surface area contributed by atoms with Crippen LogP contribution in [0.4, 0.5) is 0 Å². The molecule has 1 aliphatic rings. The minimum absolute atomic E-state index is 0.0466. The van der Waals surface area contributed by atoms with Gasteiger partial charge in [0, 0.05) is 35.1 Å². The molecule has 0 spiro atoms. The fourth-order valence-electron chi connectivity index (χ4n) is 3.18. The van der Waals surface area contributed by atoms with Crippen LogP contribution in [-0.2, 0) is 4.74 Å². The van der Waals surface area contributed by atoms with Crippen LogP contribution in [-0.4, -0.2) is 41.3 Å². The molecule has 0 unspecified atom stereocenters. The van der Waals surface area contributed by atoms with Gasteiger partial charge in [0.1, 0.15) is 11.3 Å². The molecule has 1 fully saturated rings. The smallest absolute Gasteiger partial charge is 0.146 e. The third-order valence-corrected chi connectivity index (χ3v) is 5.22. The maximum Gasteiger partial charge on any atom is 0.146 e. The zero-order valence-corrected chi connectivity index (χ0v) is 13.5. The van der Waals surface area contributed by atoms with E-state index >= 15 is 0 Å². The Balaban J connectivity index is 1.84. The first kappa shape index (κ1) is 14.6. The van der Waals surface area contributed by atoms with Crippen molar-refractivity contribution in [3.63, 3.8) is 0 Å². The van der Waals surface area contributed by atoms with Crippen molar-refractivity contribution in [2.45, 2.75) is 6.04 Å². The van der Waals surface area contributed by atoms with Gasteiger partial charge < -0.3 is 9.84 Å². The van der Waals surface area contributed by atoms with Gasteiger partial charge in [-0.25, -0.2) is 0 Å². The molecular formula is C18H18N2O2S. The molecule has 1 saturated heterocycles. The van der Waals surface area contributed by atoms with Gasteiger partial charge in [-0.1, -0.05) is 24.3 Å². The van der Waals surface area contributed by atoms with Gasteiger partial charge in [-0.2, -0.15) is 0 Å². The number of thiophene rings is 1. The lowest BCUT2D eigenvalue weighted by Gasteiger charge is -2.34. The van der Waals surface area contributed by atoms with E-state index in [1.165, 1.54) is 4.88 Å². The molecule has 4 rings (SSSR count). The summed E-state index contributed by atoms with van der Waals surface area (Å²) in [6.45, 7) is 3.19. The van der Waals surface area contributed by atoms with Crippen LogP contribution in [0.25, 0.3) is 10.9 Å². The molecule has 0 aliphatic carbocycles. The van der Waals surface area contributed by atoms with Crippen molar-refractivity contribution in [3.05, 3.63) is 58.4 Å². The molecule has 0 saturated carbocycles. The summed E-state index contributed by atoms with van der Waals surface area (Å²) in [5, 5.41) is 13.9. The average molecular weight is 326 g/mol. The molecule has 0 amide bonds. The largest absolute Gasteiger partial charge is 0.505 e. The number of rotatable bonds is 3. The number of pyridine rings is 1. The second-order valence-corrected chi connectivity index (χ2v) is 6.62. The average Bonchev–Trinajstić information content (AvgIpc) is 3.13. The number of benzene rings is 1. The molecule has 0 bridgehead atoms. The maximum absolute atomic E-state index is 10.8. The maximum atomic E-state index is 10.8. The van der Waals surface area contributed by atoms with E-state index < -0.39 is 0 Å². The molecule has 1 aromatic carbocycles. The predicted molar refractivity (Wildman–Crippen MR) is 92.0 cm³/mol. The molecule has 1 atom stereocenters. The first-order chi connectivity index (χ1) is 11.3. The van der Waals surface area contributed by atoms with Crippen LogP contribution in [0.2, 0.25) is 0 Å². The van der Waals surface area contributed by atoms with Crippen LogP contribution in [0, 0.1) is 0 Å². The Morgan fingerprint density at radius 1 is 1.13 bits per heavy atom. The van der Waals surface area contributed by atoms with Crippen molar-refractivity contribution in [3.8, 4) is 5.75 Å². The molecular weight excluding hydrogens is 308 g/mol. The van der Waals surface area contributed by atoms with Crippen LogP contribution in [0.5, 0.6) is 5.75 Å². The summed E-state index contributed by atoms with van der Waals surface area (Å²) in [6.07, 6.45) is 1.72. The monoisotopic (exact) mass is 326 g/mol. The molecule has 23 heavy (non-hydrogen) atoms. The van der Waals surface area contributed by atoms with E-state index in [9.17, 15) is 5.11 Å². The number of nitrogens with zero attached hydrogens (tertiary/aromatic N) is 2. The molecule has 3 aromatic rings. The quantitative estimate of drug-likeness (QED) is 0.801. The third-order valence-electron chi connectivity index (χ3n) is 4.30. The molecule has 4 nitrogen and oxygen atoms in total. The highest BCUT2D eigenvalue weighted by Crippen LogP contribution is 2.39. The van der Waals surface area contributed by atoms with Crippen molar-refractivity contribution in [2.24, 2.45) is 0 Å². The minimum atomic E-state index is 0.0466. The normalized spacial score (nSPS) is 17.4. The summed E-state index contributed by atoms with van der Waals surface area (Å²) < 4.78 is 5.49. The SMILES string of the molecule is Oc1c([C@@H](c2cccs2)N2CCOCC2)ccc2cccnc12. The van der Waals surface area contributed by atoms with Crippen molar-refractivity contribution in [2.75, 3.05) is 26.3 Å². The van der Waals surface area contributed by atoms with Crippen molar-refractivity contribution >= 4 is 22.2 Å². The van der Waals surface area contributed by atoms with Gasteiger partial charge in [-0.05, 0) is 17.5 Å². The first-order valence-electron chi connectivity index (χ1n) is 7.76. The van der Waals surface area contributed by atoms with E-state index in [1.807, 2.05) is 24.3 Å². The number of morpholine rings is 1. The third kappa shape index (κ3) is 2.72. The summed E-state index contributed by atoms with van der Waals surface area (Å²) in [5.41, 5.74) is 1.58. The van der Waals surface area contributed by atoms with Crippen molar-refractivity contribution in [1.29, 1.82) is 0 Å². The van der Waals surface area contributed by atoms with Gasteiger partial charge in [-0.3, -0.25) is 9.88 Å². The lowest BCUT2D eigenvalue weighted by Crippen LogP contribution is -2.39. The Hall–Kier alpha value is -1.95. The van der Waals surface area contributed by atoms with E-state index in [0.717, 1.165) is 37.3 Å². The van der Waals surface area contributed by atoms with Gasteiger partial charge in [0.25, 0.3) is 0 Å². The summed E-state index contributed by atoms with van der Waals surface area (Å²) >= 11 is 1.72. The number of hydrogen-bond acceptors (Lipinski definition) is 5. The Labute approximate surface area is 139 Å². The van der Waals surface area contributed by atoms with Gasteiger partial charge in [0.2, 0.25) is 0 Å². The number of hydrogen-bond donors (Lipinski definition) is 1. The highest BCUT2D eigenvalue weighted by Gasteiger charge is 2.28. The van der Waals surface area contributed by atoms with Crippen LogP contribution >= 0.6 is 11.3 Å². The fourth-order valence-corrected chi connectivity index (χ4v) is 4.05. The number of aromatic nitrogens is 1. The summed E-state index contributed by atoms with van der Waals surface area (Å²) in [5.74, 6) is 0.285. The Morgan fingerprint density at radius 2 is 2.00 bits per heavy atom. The second-order valence-electron chi connectivity index (χ2n) is 5.64. The fraction of sp³-hybridized carbons (Fsp3) is 0.278. The van der Waals surface area contributed by atoms with Crippen molar-refractivity contribution in [1.82, 2.24) is 9.88 Å². The van der Waals surface area contributed by atoms with Gasteiger partial charge in [0.15, 0.2) is 0 Å². The standard InChI is InChI=1S/C18H18N2O2S/c21-18-14(6-5-13-3-1-7-19-16(13)18)17(15-4-2-12-23-15)20-8-10-22-11-9-20/h1-7,12,17,21H,8-11H2/t17-/m0/s1. The lowest BCUT2D eigenvalue weighted by atomic mass is 9.99. The number of phenols is 1. The molecule has 3 heterocycles. The molecule has 0 radical (unpaired) electrons. The second kappa shape index (κ2) is 6.28. The van der Waals surface area contributed by atoms with Crippen LogP contribution in [0.15, 0.2) is 48.0 Å². The number of phenolic OH excluding ortho intramolecular Hbond substituents is 1. The molecule has 118 valence electrons. The summed E-state index contributed by atoms with van der Waals surface area (Å²) in [7, 11) is 0. The van der Waals surface area contributed by atoms with Crippen LogP contribution in [0.3, 0.4) is 0 Å². The highest BCUT2D eigenvalue weighted by atomic mass is 32.1. The summed E-state index contributed by atoms with van der Waals surface area (Å²) in [4.78, 5) is 7.97. The minimum Gasteiger partial charge on any atom is -0.505 e. The first-order valence-corrected chi connectivity index (χ1v) is 8.64. The zero-order chi connectivity index (χ0) is 15.6. The number of ether oxygens (including phenoxy) is 1. The van der Waals surface area contributed by atoms with E-state index in [0.29, 0.717) is 5.52 Å². The van der Waals surface area contributed by atoms with Gasteiger partial charge in [-0.15, -0.1) is 11.3 Å². The Bertz CT molecular complexity index is 798. The lowest BCUT2D eigenvalue weighted by molar-refractivity contribution is 0.0242. The zero-order valence-electron chi connectivity index (χ0n) is 12.7. The van der Waals surface area contributed by atoms with E-state index in [4.69, 9.17) is 4.74 Å². The van der Waals surface area contributed by atoms with Crippen molar-refractivity contribution < 1.29 is 9.84 Å². The Morgan fingerprint density at radius 3 is 2.78 bits per heavy atom. The van der Waals surface area contributed by atoms with Crippen LogP contribution in [0.1, 0.15) is 16.5 Å². The molecule has 1 N–H and O–H groups in total. The molecule has 1 aliphatic heterocycles. The van der Waals surface area contributed by atoms with Gasteiger partial charge >= 0.3 is 0 Å². The predicted octanol–water partition coefficient (Wildman–Crippen LogP) is 3.42. The number of fused-ring (bicyclic) bond motifs is 1. The van der Waals surface area contributed by atoms with Crippen LogP contribution < -0.4 is 0 Å². The molecule has 2 aromatic heterocycles. The van der Waals surface area contributed by atoms with Gasteiger partial charge in [0.05, 0.1) is 19.3 Å². The number of aromatic hydroxyl groups is 1. The van der Waals surface area contributed by atoms with E-state index in [2.05, 4.69) is 27.4 Å². The highest BCUT2D eigenvalue weighted by molar-refractivity contribution is 7.10. The Kier molecular flexibility index (Phi) is 3.99. The topological polar surface area (TPSA) is 45.6 Å². The summed E-state index contributed by atoms with van der Waals surface area (Å²) in [6, 6.07) is 12.2. The van der Waals surface area contributed by atoms with E-state index in [-0.39, 0.29) is 11.8 Å².